The molecule has 4 rings (SSSR count). The second-order valence-electron chi connectivity index (χ2n) is 7.93. The molecule has 0 saturated carbocycles. The predicted molar refractivity (Wildman–Crippen MR) is 116 cm³/mol. The lowest BCUT2D eigenvalue weighted by Gasteiger charge is -2.14. The lowest BCUT2D eigenvalue weighted by atomic mass is 10.1. The van der Waals surface area contributed by atoms with Gasteiger partial charge in [-0.05, 0) is 42.7 Å². The van der Waals surface area contributed by atoms with Crippen LogP contribution in [0, 0.1) is 5.82 Å². The fourth-order valence-corrected chi connectivity index (χ4v) is 3.65. The van der Waals surface area contributed by atoms with Crippen molar-refractivity contribution in [3.05, 3.63) is 92.0 Å². The second kappa shape index (κ2) is 9.82. The zero-order chi connectivity index (χ0) is 25.2. The zero-order valence-corrected chi connectivity index (χ0v) is 18.2. The van der Waals surface area contributed by atoms with Crippen molar-refractivity contribution < 1.29 is 27.1 Å². The van der Waals surface area contributed by atoms with E-state index in [4.69, 9.17) is 4.74 Å². The average Bonchev–Trinajstić information content (AvgIpc) is 3.34. The van der Waals surface area contributed by atoms with E-state index in [2.05, 4.69) is 10.4 Å². The maximum absolute atomic E-state index is 14.4. The molecule has 2 heterocycles. The van der Waals surface area contributed by atoms with Crippen LogP contribution < -0.4 is 16.6 Å². The Labute approximate surface area is 195 Å². The Morgan fingerprint density at radius 2 is 1.83 bits per heavy atom. The molecule has 1 fully saturated rings. The summed E-state index contributed by atoms with van der Waals surface area (Å²) in [5, 5.41) is 6.36. The summed E-state index contributed by atoms with van der Waals surface area (Å²) in [6.45, 7) is 0.202. The van der Waals surface area contributed by atoms with Gasteiger partial charge >= 0.3 is 11.9 Å². The number of carbonyl (C=O) groups is 1. The molecule has 12 heteroatoms. The summed E-state index contributed by atoms with van der Waals surface area (Å²) in [7, 11) is 0. The number of nitrogens with zero attached hydrogens (tertiary/aromatic N) is 3. The van der Waals surface area contributed by atoms with Crippen molar-refractivity contribution in [1.82, 2.24) is 19.7 Å². The summed E-state index contributed by atoms with van der Waals surface area (Å²) < 4.78 is 59.7. The number of para-hydroxylation sites is 1. The number of carbonyl (C=O) groups excluding carboxylic acids is 1. The van der Waals surface area contributed by atoms with Gasteiger partial charge in [-0.3, -0.25) is 14.2 Å². The van der Waals surface area contributed by atoms with E-state index in [1.807, 2.05) is 0 Å². The largest absolute Gasteiger partial charge is 0.416 e. The topological polar surface area (TPSA) is 95.2 Å². The number of alkyl halides is 3. The molecule has 1 atom stereocenters. The van der Waals surface area contributed by atoms with Gasteiger partial charge in [0.1, 0.15) is 11.5 Å². The van der Waals surface area contributed by atoms with Gasteiger partial charge in [-0.1, -0.05) is 24.3 Å². The van der Waals surface area contributed by atoms with Crippen LogP contribution in [0.1, 0.15) is 34.5 Å². The van der Waals surface area contributed by atoms with Crippen molar-refractivity contribution in [1.29, 1.82) is 0 Å². The Balaban J connectivity index is 1.75. The van der Waals surface area contributed by atoms with Gasteiger partial charge in [0.15, 0.2) is 0 Å². The summed E-state index contributed by atoms with van der Waals surface area (Å²) >= 11 is 0. The Morgan fingerprint density at radius 3 is 2.46 bits per heavy atom. The van der Waals surface area contributed by atoms with E-state index < -0.39 is 47.0 Å². The maximum Gasteiger partial charge on any atom is 0.416 e. The van der Waals surface area contributed by atoms with Crippen LogP contribution in [0.25, 0.3) is 5.69 Å². The van der Waals surface area contributed by atoms with Crippen LogP contribution in [-0.2, 0) is 17.5 Å². The van der Waals surface area contributed by atoms with Gasteiger partial charge in [-0.25, -0.2) is 9.18 Å². The number of benzene rings is 2. The Bertz CT molecular complexity index is 1340. The number of aromatic nitrogens is 3. The quantitative estimate of drug-likeness (QED) is 0.534. The fourth-order valence-electron chi connectivity index (χ4n) is 3.65. The van der Waals surface area contributed by atoms with Gasteiger partial charge in [0.25, 0.3) is 11.5 Å². The highest BCUT2D eigenvalue weighted by Gasteiger charge is 2.30. The molecule has 1 aliphatic rings. The van der Waals surface area contributed by atoms with Crippen LogP contribution >= 0.6 is 0 Å². The third-order valence-electron chi connectivity index (χ3n) is 5.49. The van der Waals surface area contributed by atoms with Crippen molar-refractivity contribution in [2.45, 2.75) is 31.7 Å². The molecule has 1 aromatic heterocycles. The summed E-state index contributed by atoms with van der Waals surface area (Å²) in [5.41, 5.74) is -3.80. The van der Waals surface area contributed by atoms with Gasteiger partial charge in [0, 0.05) is 13.2 Å². The van der Waals surface area contributed by atoms with Crippen LogP contribution in [0.15, 0.2) is 58.1 Å². The molecular weight excluding hydrogens is 472 g/mol. The Hall–Kier alpha value is -3.80. The fraction of sp³-hybridized carbons (Fsp3) is 0.304. The SMILES string of the molecule is O=C(NC[C@@H]1CCCO1)c1nn(-c2ccccc2F)c(=O)n(Cc2ccc(C(F)(F)F)cc2)c1=O. The number of hydrogen-bond acceptors (Lipinski definition) is 5. The van der Waals surface area contributed by atoms with Crippen LogP contribution in [0.4, 0.5) is 17.6 Å². The first-order chi connectivity index (χ1) is 16.6. The van der Waals surface area contributed by atoms with Crippen LogP contribution in [0.3, 0.4) is 0 Å². The first-order valence-corrected chi connectivity index (χ1v) is 10.7. The van der Waals surface area contributed by atoms with Crippen LogP contribution in [0.5, 0.6) is 0 Å². The second-order valence-corrected chi connectivity index (χ2v) is 7.93. The highest BCUT2D eigenvalue weighted by Crippen LogP contribution is 2.29. The molecule has 0 bridgehead atoms. The van der Waals surface area contributed by atoms with Gasteiger partial charge in [-0.2, -0.15) is 23.0 Å². The minimum Gasteiger partial charge on any atom is -0.376 e. The standard InChI is InChI=1S/C23H20F4N4O4/c24-17-5-1-2-6-18(17)31-22(34)30(13-14-7-9-15(10-8-14)23(25,26)27)21(33)19(29-31)20(32)28-12-16-4-3-11-35-16/h1-2,5-10,16H,3-4,11-13H2,(H,28,32)/t16-/m0/s1. The van der Waals surface area contributed by atoms with E-state index in [0.29, 0.717) is 15.9 Å². The van der Waals surface area contributed by atoms with E-state index >= 15 is 0 Å². The van der Waals surface area contributed by atoms with Crippen molar-refractivity contribution in [3.63, 3.8) is 0 Å². The van der Waals surface area contributed by atoms with Gasteiger partial charge in [0.05, 0.1) is 18.2 Å². The molecule has 8 nitrogen and oxygen atoms in total. The summed E-state index contributed by atoms with van der Waals surface area (Å²) in [5.74, 6) is -1.72. The molecule has 1 aliphatic heterocycles. The molecule has 1 N–H and O–H groups in total. The van der Waals surface area contributed by atoms with Crippen LogP contribution in [-0.4, -0.2) is 39.5 Å². The molecular formula is C23H20F4N4O4. The number of hydrogen-bond donors (Lipinski definition) is 1. The molecule has 0 unspecified atom stereocenters. The lowest BCUT2D eigenvalue weighted by Crippen LogP contribution is -2.46. The third-order valence-corrected chi connectivity index (χ3v) is 5.49. The van der Waals surface area contributed by atoms with Crippen LogP contribution in [0.2, 0.25) is 0 Å². The number of rotatable bonds is 6. The number of ether oxygens (including phenoxy) is 1. The van der Waals surface area contributed by atoms with Gasteiger partial charge in [0.2, 0.25) is 5.69 Å². The number of amides is 1. The average molecular weight is 492 g/mol. The summed E-state index contributed by atoms with van der Waals surface area (Å²) in [4.78, 5) is 38.9. The number of nitrogens with one attached hydrogen (secondary N) is 1. The predicted octanol–water partition coefficient (Wildman–Crippen LogP) is 2.51. The zero-order valence-electron chi connectivity index (χ0n) is 18.2. The van der Waals surface area contributed by atoms with Crippen molar-refractivity contribution >= 4 is 5.91 Å². The van der Waals surface area contributed by atoms with Crippen molar-refractivity contribution in [3.8, 4) is 5.69 Å². The molecule has 3 aromatic rings. The number of halogens is 4. The van der Waals surface area contributed by atoms with Crippen molar-refractivity contribution in [2.75, 3.05) is 13.2 Å². The normalized spacial score (nSPS) is 15.8. The molecule has 2 aromatic carbocycles. The smallest absolute Gasteiger partial charge is 0.376 e. The lowest BCUT2D eigenvalue weighted by molar-refractivity contribution is -0.137. The van der Waals surface area contributed by atoms with Crippen molar-refractivity contribution in [2.24, 2.45) is 0 Å². The molecule has 1 amide bonds. The summed E-state index contributed by atoms with van der Waals surface area (Å²) in [6, 6.07) is 8.99. The van der Waals surface area contributed by atoms with E-state index in [0.717, 1.165) is 43.2 Å². The first-order valence-electron chi connectivity index (χ1n) is 10.7. The Kier molecular flexibility index (Phi) is 6.83. The van der Waals surface area contributed by atoms with Gasteiger partial charge < -0.3 is 10.1 Å². The van der Waals surface area contributed by atoms with E-state index in [1.54, 1.807) is 0 Å². The van der Waals surface area contributed by atoms with Gasteiger partial charge in [-0.15, -0.1) is 0 Å². The molecule has 184 valence electrons. The molecule has 0 aliphatic carbocycles. The van der Waals surface area contributed by atoms with E-state index in [-0.39, 0.29) is 23.9 Å². The van der Waals surface area contributed by atoms with E-state index in [1.165, 1.54) is 18.2 Å². The molecule has 0 spiro atoms. The Morgan fingerprint density at radius 1 is 1.11 bits per heavy atom. The maximum atomic E-state index is 14.4. The summed E-state index contributed by atoms with van der Waals surface area (Å²) in [6.07, 6.45) is -3.24. The first kappa shape index (κ1) is 24.3. The van der Waals surface area contributed by atoms with E-state index in [9.17, 15) is 31.9 Å². The minimum atomic E-state index is -4.56. The highest BCUT2D eigenvalue weighted by atomic mass is 19.4. The molecule has 1 saturated heterocycles. The highest BCUT2D eigenvalue weighted by molar-refractivity contribution is 5.91. The third kappa shape index (κ3) is 5.32. The monoisotopic (exact) mass is 492 g/mol. The minimum absolute atomic E-state index is 0.109. The molecule has 35 heavy (non-hydrogen) atoms. The molecule has 0 radical (unpaired) electrons.